The fourth-order valence-corrected chi connectivity index (χ4v) is 2.85. The Morgan fingerprint density at radius 1 is 0.667 bits per heavy atom. The lowest BCUT2D eigenvalue weighted by atomic mass is 9.89. The van der Waals surface area contributed by atoms with Gasteiger partial charge in [-0.15, -0.1) is 0 Å². The van der Waals surface area contributed by atoms with Crippen LogP contribution >= 0.6 is 0 Å². The minimum atomic E-state index is 0.710. The lowest BCUT2D eigenvalue weighted by Gasteiger charge is -2.15. The van der Waals surface area contributed by atoms with Crippen LogP contribution in [0.4, 0.5) is 0 Å². The van der Waals surface area contributed by atoms with E-state index in [0.717, 1.165) is 28.7 Å². The normalized spacial score (nSPS) is 10.0. The smallest absolute Gasteiger partial charge is 0.0991 e. The van der Waals surface area contributed by atoms with Gasteiger partial charge in [0, 0.05) is 0 Å². The molecule has 0 fully saturated rings. The van der Waals surface area contributed by atoms with E-state index in [2.05, 4.69) is 39.8 Å². The second kappa shape index (κ2) is 5.81. The van der Waals surface area contributed by atoms with Gasteiger partial charge in [0.15, 0.2) is 0 Å². The second-order valence-electron chi connectivity index (χ2n) is 5.58. The molecule has 2 nitrogen and oxygen atoms in total. The number of nitrogens with zero attached hydrogens (tertiary/aromatic N) is 2. The van der Waals surface area contributed by atoms with Gasteiger partial charge in [-0.3, -0.25) is 0 Å². The molecule has 104 valence electrons. The third-order valence-electron chi connectivity index (χ3n) is 4.00. The summed E-state index contributed by atoms with van der Waals surface area (Å²) in [5.41, 5.74) is 8.55. The Labute approximate surface area is 126 Å². The van der Waals surface area contributed by atoms with E-state index in [9.17, 15) is 0 Å². The van der Waals surface area contributed by atoms with Crippen LogP contribution in [0.5, 0.6) is 0 Å². The average molecular weight is 274 g/mol. The zero-order valence-corrected chi connectivity index (χ0v) is 12.9. The van der Waals surface area contributed by atoms with Crippen molar-refractivity contribution < 1.29 is 0 Å². The maximum atomic E-state index is 9.03. The van der Waals surface area contributed by atoms with Gasteiger partial charge in [0.1, 0.15) is 0 Å². The highest BCUT2D eigenvalue weighted by molar-refractivity contribution is 5.49. The van der Waals surface area contributed by atoms with Crippen LogP contribution in [0.2, 0.25) is 0 Å². The van der Waals surface area contributed by atoms with Crippen molar-refractivity contribution in [2.45, 2.75) is 34.1 Å². The van der Waals surface area contributed by atoms with Crippen molar-refractivity contribution in [1.82, 2.24) is 0 Å². The molecule has 0 bridgehead atoms. The fourth-order valence-electron chi connectivity index (χ4n) is 2.85. The highest BCUT2D eigenvalue weighted by Gasteiger charge is 2.11. The Bertz CT molecular complexity index is 673. The molecule has 0 atom stereocenters. The van der Waals surface area contributed by atoms with Gasteiger partial charge in [-0.1, -0.05) is 0 Å². The number of hydrogen-bond donors (Lipinski definition) is 0. The Morgan fingerprint density at radius 2 is 0.952 bits per heavy atom. The molecule has 0 aliphatic heterocycles. The molecule has 0 radical (unpaired) electrons. The zero-order valence-electron chi connectivity index (χ0n) is 12.9. The first kappa shape index (κ1) is 14.8. The monoisotopic (exact) mass is 274 g/mol. The Balaban J connectivity index is 2.50. The standard InChI is InChI=1S/C19H18N2/c1-12-5-16(10-20)6-13(2)18(12)9-19-14(3)7-17(11-21)8-15(19)4/h5-8H,9H2,1-4H3. The molecule has 0 saturated heterocycles. The molecule has 0 heterocycles. The molecule has 0 unspecified atom stereocenters. The van der Waals surface area contributed by atoms with Crippen molar-refractivity contribution in [3.05, 3.63) is 68.8 Å². The molecule has 0 aliphatic rings. The predicted molar refractivity (Wildman–Crippen MR) is 84.1 cm³/mol. The number of hydrogen-bond acceptors (Lipinski definition) is 2. The fraction of sp³-hybridized carbons (Fsp3) is 0.263. The van der Waals surface area contributed by atoms with Gasteiger partial charge in [-0.05, 0) is 91.8 Å². The number of nitriles is 2. The van der Waals surface area contributed by atoms with Gasteiger partial charge in [-0.2, -0.15) is 10.5 Å². The molecule has 0 spiro atoms. The van der Waals surface area contributed by atoms with Crippen LogP contribution < -0.4 is 0 Å². The quantitative estimate of drug-likeness (QED) is 0.821. The van der Waals surface area contributed by atoms with E-state index in [1.165, 1.54) is 11.1 Å². The van der Waals surface area contributed by atoms with Gasteiger partial charge < -0.3 is 0 Å². The summed E-state index contributed by atoms with van der Waals surface area (Å²) in [6.07, 6.45) is 0.840. The minimum Gasteiger partial charge on any atom is -0.192 e. The summed E-state index contributed by atoms with van der Waals surface area (Å²) in [6, 6.07) is 12.2. The molecular weight excluding hydrogens is 256 g/mol. The molecular formula is C19H18N2. The van der Waals surface area contributed by atoms with Gasteiger partial charge in [0.25, 0.3) is 0 Å². The van der Waals surface area contributed by atoms with Crippen molar-refractivity contribution in [1.29, 1.82) is 10.5 Å². The summed E-state index contributed by atoms with van der Waals surface area (Å²) >= 11 is 0. The third kappa shape index (κ3) is 2.96. The van der Waals surface area contributed by atoms with Crippen LogP contribution in [0.3, 0.4) is 0 Å². The number of rotatable bonds is 2. The van der Waals surface area contributed by atoms with Crippen LogP contribution in [-0.4, -0.2) is 0 Å². The molecule has 21 heavy (non-hydrogen) atoms. The Hall–Kier alpha value is -2.58. The summed E-state index contributed by atoms with van der Waals surface area (Å²) in [5.74, 6) is 0. The van der Waals surface area contributed by atoms with Crippen LogP contribution in [0.1, 0.15) is 44.5 Å². The maximum absolute atomic E-state index is 9.03. The van der Waals surface area contributed by atoms with E-state index in [1.54, 1.807) is 0 Å². The largest absolute Gasteiger partial charge is 0.192 e. The van der Waals surface area contributed by atoms with Crippen molar-refractivity contribution in [2.75, 3.05) is 0 Å². The first-order valence-electron chi connectivity index (χ1n) is 6.96. The lowest BCUT2D eigenvalue weighted by molar-refractivity contribution is 1.07. The van der Waals surface area contributed by atoms with Gasteiger partial charge in [0.2, 0.25) is 0 Å². The highest BCUT2D eigenvalue weighted by atomic mass is 14.3. The third-order valence-corrected chi connectivity index (χ3v) is 4.00. The zero-order chi connectivity index (χ0) is 15.6. The van der Waals surface area contributed by atoms with Crippen LogP contribution in [-0.2, 0) is 6.42 Å². The first-order valence-corrected chi connectivity index (χ1v) is 6.96. The summed E-state index contributed by atoms with van der Waals surface area (Å²) in [6.45, 7) is 8.21. The van der Waals surface area contributed by atoms with E-state index in [-0.39, 0.29) is 0 Å². The summed E-state index contributed by atoms with van der Waals surface area (Å²) < 4.78 is 0. The molecule has 0 aliphatic carbocycles. The SMILES string of the molecule is Cc1cc(C#N)cc(C)c1Cc1c(C)cc(C#N)cc1C. The molecule has 2 aromatic carbocycles. The molecule has 2 aromatic rings. The van der Waals surface area contributed by atoms with Gasteiger partial charge >= 0.3 is 0 Å². The topological polar surface area (TPSA) is 47.6 Å². The molecule has 0 saturated carbocycles. The lowest BCUT2D eigenvalue weighted by Crippen LogP contribution is -2.01. The van der Waals surface area contributed by atoms with E-state index in [0.29, 0.717) is 11.1 Å². The minimum absolute atomic E-state index is 0.710. The number of aryl methyl sites for hydroxylation is 4. The second-order valence-corrected chi connectivity index (χ2v) is 5.58. The van der Waals surface area contributed by atoms with E-state index in [4.69, 9.17) is 10.5 Å². The molecule has 0 aromatic heterocycles. The van der Waals surface area contributed by atoms with E-state index in [1.807, 2.05) is 24.3 Å². The highest BCUT2D eigenvalue weighted by Crippen LogP contribution is 2.24. The van der Waals surface area contributed by atoms with Crippen molar-refractivity contribution >= 4 is 0 Å². The van der Waals surface area contributed by atoms with Crippen LogP contribution in [0, 0.1) is 50.4 Å². The summed E-state index contributed by atoms with van der Waals surface area (Å²) in [5, 5.41) is 18.1. The van der Waals surface area contributed by atoms with Crippen molar-refractivity contribution in [2.24, 2.45) is 0 Å². The van der Waals surface area contributed by atoms with E-state index < -0.39 is 0 Å². The first-order chi connectivity index (χ1) is 9.96. The Kier molecular flexibility index (Phi) is 4.10. The Morgan fingerprint density at radius 3 is 1.19 bits per heavy atom. The molecule has 2 rings (SSSR count). The van der Waals surface area contributed by atoms with Crippen LogP contribution in [0.15, 0.2) is 24.3 Å². The maximum Gasteiger partial charge on any atom is 0.0991 e. The molecule has 2 heteroatoms. The molecule has 0 N–H and O–H groups in total. The van der Waals surface area contributed by atoms with Gasteiger partial charge in [-0.25, -0.2) is 0 Å². The van der Waals surface area contributed by atoms with Crippen molar-refractivity contribution in [3.63, 3.8) is 0 Å². The van der Waals surface area contributed by atoms with Gasteiger partial charge in [0.05, 0.1) is 23.3 Å². The molecule has 0 amide bonds. The predicted octanol–water partition coefficient (Wildman–Crippen LogP) is 4.25. The van der Waals surface area contributed by atoms with Crippen LogP contribution in [0.25, 0.3) is 0 Å². The summed E-state index contributed by atoms with van der Waals surface area (Å²) in [4.78, 5) is 0. The number of benzene rings is 2. The van der Waals surface area contributed by atoms with Crippen molar-refractivity contribution in [3.8, 4) is 12.1 Å². The van der Waals surface area contributed by atoms with E-state index >= 15 is 0 Å². The summed E-state index contributed by atoms with van der Waals surface area (Å²) in [7, 11) is 0. The average Bonchev–Trinajstić information content (AvgIpc) is 2.44.